The summed E-state index contributed by atoms with van der Waals surface area (Å²) in [6.45, 7) is 4.70. The molecule has 0 bridgehead atoms. The second-order valence-electron chi connectivity index (χ2n) is 10.1. The number of para-hydroxylation sites is 2. The largest absolute Gasteiger partial charge is 0.339 e. The number of amides is 1. The van der Waals surface area contributed by atoms with Crippen LogP contribution >= 0.6 is 0 Å². The second kappa shape index (κ2) is 9.22. The number of benzene rings is 2. The van der Waals surface area contributed by atoms with Gasteiger partial charge in [-0.05, 0) is 41.8 Å². The average molecular weight is 505 g/mol. The lowest BCUT2D eigenvalue weighted by Gasteiger charge is -2.35. The van der Waals surface area contributed by atoms with Crippen molar-refractivity contribution in [2.45, 2.75) is 26.1 Å². The molecular formula is C30H28N6O2. The van der Waals surface area contributed by atoms with Gasteiger partial charge in [0.2, 0.25) is 5.91 Å². The highest BCUT2D eigenvalue weighted by Crippen LogP contribution is 2.36. The van der Waals surface area contributed by atoms with Crippen LogP contribution in [0.1, 0.15) is 11.1 Å². The summed E-state index contributed by atoms with van der Waals surface area (Å²) >= 11 is 0. The molecule has 2 aromatic carbocycles. The molecule has 38 heavy (non-hydrogen) atoms. The van der Waals surface area contributed by atoms with Crippen molar-refractivity contribution in [3.05, 3.63) is 94.5 Å². The van der Waals surface area contributed by atoms with E-state index < -0.39 is 0 Å². The van der Waals surface area contributed by atoms with Gasteiger partial charge in [0.25, 0.3) is 5.56 Å². The zero-order chi connectivity index (χ0) is 25.6. The number of pyridine rings is 1. The van der Waals surface area contributed by atoms with Crippen LogP contribution in [0.3, 0.4) is 0 Å². The Labute approximate surface area is 219 Å². The zero-order valence-electron chi connectivity index (χ0n) is 21.1. The smallest absolute Gasteiger partial charge is 0.261 e. The molecule has 2 aliphatic rings. The van der Waals surface area contributed by atoms with Crippen LogP contribution in [0.2, 0.25) is 0 Å². The molecule has 3 aromatic heterocycles. The van der Waals surface area contributed by atoms with Gasteiger partial charge in [-0.25, -0.2) is 4.98 Å². The molecule has 0 aliphatic carbocycles. The fraction of sp³-hybridized carbons (Fsp3) is 0.267. The van der Waals surface area contributed by atoms with Gasteiger partial charge < -0.3 is 9.47 Å². The molecule has 190 valence electrons. The van der Waals surface area contributed by atoms with E-state index in [-0.39, 0.29) is 18.0 Å². The number of piperazine rings is 1. The Morgan fingerprint density at radius 1 is 0.868 bits per heavy atom. The topological polar surface area (TPSA) is 76.3 Å². The van der Waals surface area contributed by atoms with Gasteiger partial charge in [0.05, 0.1) is 16.6 Å². The summed E-state index contributed by atoms with van der Waals surface area (Å²) < 4.78 is 3.86. The van der Waals surface area contributed by atoms with E-state index in [0.717, 1.165) is 48.2 Å². The monoisotopic (exact) mass is 504 g/mol. The molecule has 1 fully saturated rings. The van der Waals surface area contributed by atoms with Crippen LogP contribution in [0.5, 0.6) is 0 Å². The summed E-state index contributed by atoms with van der Waals surface area (Å²) in [7, 11) is 0. The zero-order valence-corrected chi connectivity index (χ0v) is 21.1. The molecule has 0 radical (unpaired) electrons. The summed E-state index contributed by atoms with van der Waals surface area (Å²) in [5.74, 6) is 0.745. The Hall–Kier alpha value is -4.30. The standard InChI is InChI=1S/C30H28N6O2/c37-27(34-16-14-33(15-17-34)19-21-6-5-12-31-18-21)20-36-26-10-4-2-7-22(26)23-11-13-35-29(28(23)36)32-25-9-3-1-8-24(25)30(35)38/h1-10,12,18H,11,13-17,19-20H2. The van der Waals surface area contributed by atoms with Gasteiger partial charge >= 0.3 is 0 Å². The van der Waals surface area contributed by atoms with E-state index in [9.17, 15) is 9.59 Å². The van der Waals surface area contributed by atoms with Gasteiger partial charge in [-0.2, -0.15) is 0 Å². The lowest BCUT2D eigenvalue weighted by molar-refractivity contribution is -0.133. The number of rotatable bonds is 4. The minimum atomic E-state index is -0.0240. The molecule has 2 aliphatic heterocycles. The molecule has 0 N–H and O–H groups in total. The first-order valence-electron chi connectivity index (χ1n) is 13.2. The van der Waals surface area contributed by atoms with Crippen molar-refractivity contribution >= 4 is 27.7 Å². The number of carbonyl (C=O) groups excluding carboxylic acids is 1. The third-order valence-corrected chi connectivity index (χ3v) is 7.88. The van der Waals surface area contributed by atoms with Crippen LogP contribution < -0.4 is 5.56 Å². The van der Waals surface area contributed by atoms with E-state index in [4.69, 9.17) is 4.98 Å². The SMILES string of the molecule is O=C(Cn1c2c(c3ccccc31)CCn1c-2nc2ccccc2c1=O)N1CCN(Cc2cccnc2)CC1. The van der Waals surface area contributed by atoms with Crippen molar-refractivity contribution < 1.29 is 4.79 Å². The van der Waals surface area contributed by atoms with E-state index in [0.29, 0.717) is 36.4 Å². The molecule has 8 nitrogen and oxygen atoms in total. The number of aryl methyl sites for hydroxylation is 1. The van der Waals surface area contributed by atoms with E-state index in [1.807, 2.05) is 53.6 Å². The number of hydrogen-bond acceptors (Lipinski definition) is 5. The minimum absolute atomic E-state index is 0.0240. The third kappa shape index (κ3) is 3.80. The summed E-state index contributed by atoms with van der Waals surface area (Å²) in [6, 6.07) is 19.8. The second-order valence-corrected chi connectivity index (χ2v) is 10.1. The molecule has 5 aromatic rings. The lowest BCUT2D eigenvalue weighted by atomic mass is 10.0. The molecule has 1 saturated heterocycles. The maximum atomic E-state index is 13.6. The summed E-state index contributed by atoms with van der Waals surface area (Å²) in [5, 5.41) is 1.76. The Kier molecular flexibility index (Phi) is 5.55. The molecule has 0 atom stereocenters. The van der Waals surface area contributed by atoms with Crippen molar-refractivity contribution in [3.63, 3.8) is 0 Å². The van der Waals surface area contributed by atoms with E-state index in [1.54, 1.807) is 10.8 Å². The highest BCUT2D eigenvalue weighted by Gasteiger charge is 2.29. The third-order valence-electron chi connectivity index (χ3n) is 7.88. The minimum Gasteiger partial charge on any atom is -0.339 e. The Morgan fingerprint density at radius 2 is 1.66 bits per heavy atom. The van der Waals surface area contributed by atoms with Crippen molar-refractivity contribution in [2.75, 3.05) is 26.2 Å². The molecule has 0 unspecified atom stereocenters. The molecule has 5 heterocycles. The van der Waals surface area contributed by atoms with Gasteiger partial charge in [-0.15, -0.1) is 0 Å². The van der Waals surface area contributed by atoms with Crippen LogP contribution in [-0.4, -0.2) is 61.0 Å². The van der Waals surface area contributed by atoms with Crippen molar-refractivity contribution in [1.29, 1.82) is 0 Å². The quantitative estimate of drug-likeness (QED) is 0.375. The highest BCUT2D eigenvalue weighted by molar-refractivity contribution is 5.94. The van der Waals surface area contributed by atoms with E-state index >= 15 is 0 Å². The maximum Gasteiger partial charge on any atom is 0.261 e. The molecular weight excluding hydrogens is 476 g/mol. The molecule has 7 rings (SSSR count). The molecule has 0 saturated carbocycles. The lowest BCUT2D eigenvalue weighted by Crippen LogP contribution is -2.49. The summed E-state index contributed by atoms with van der Waals surface area (Å²) in [5.41, 5.74) is 4.91. The van der Waals surface area contributed by atoms with Gasteiger partial charge in [0, 0.05) is 62.6 Å². The van der Waals surface area contributed by atoms with Crippen LogP contribution in [-0.2, 0) is 30.8 Å². The summed E-state index contributed by atoms with van der Waals surface area (Å²) in [6.07, 6.45) is 4.42. The van der Waals surface area contributed by atoms with Crippen LogP contribution in [0.4, 0.5) is 0 Å². The molecule has 8 heteroatoms. The van der Waals surface area contributed by atoms with Crippen LogP contribution in [0.15, 0.2) is 77.9 Å². The molecule has 0 spiro atoms. The van der Waals surface area contributed by atoms with Gasteiger partial charge in [-0.3, -0.25) is 24.0 Å². The Balaban J connectivity index is 1.21. The van der Waals surface area contributed by atoms with Gasteiger partial charge in [0.15, 0.2) is 5.82 Å². The van der Waals surface area contributed by atoms with Crippen molar-refractivity contribution in [3.8, 4) is 11.5 Å². The van der Waals surface area contributed by atoms with E-state index in [1.165, 1.54) is 5.56 Å². The number of nitrogens with zero attached hydrogens (tertiary/aromatic N) is 6. The first kappa shape index (κ1) is 22.9. The first-order valence-corrected chi connectivity index (χ1v) is 13.2. The Morgan fingerprint density at radius 3 is 2.47 bits per heavy atom. The average Bonchev–Trinajstić information content (AvgIpc) is 3.28. The Bertz CT molecular complexity index is 1730. The fourth-order valence-corrected chi connectivity index (χ4v) is 5.97. The molecule has 1 amide bonds. The highest BCUT2D eigenvalue weighted by atomic mass is 16.2. The predicted molar refractivity (Wildman–Crippen MR) is 147 cm³/mol. The number of fused-ring (bicyclic) bond motifs is 6. The first-order chi connectivity index (χ1) is 18.7. The van der Waals surface area contributed by atoms with Gasteiger partial charge in [-0.1, -0.05) is 36.4 Å². The van der Waals surface area contributed by atoms with E-state index in [2.05, 4.69) is 32.7 Å². The number of carbonyl (C=O) groups is 1. The van der Waals surface area contributed by atoms with Gasteiger partial charge in [0.1, 0.15) is 6.54 Å². The van der Waals surface area contributed by atoms with Crippen molar-refractivity contribution in [1.82, 2.24) is 28.9 Å². The number of hydrogen-bond donors (Lipinski definition) is 0. The van der Waals surface area contributed by atoms with Crippen LogP contribution in [0, 0.1) is 0 Å². The number of aromatic nitrogens is 4. The van der Waals surface area contributed by atoms with Crippen molar-refractivity contribution in [2.24, 2.45) is 0 Å². The van der Waals surface area contributed by atoms with Crippen LogP contribution in [0.25, 0.3) is 33.3 Å². The predicted octanol–water partition coefficient (Wildman–Crippen LogP) is 3.31. The maximum absolute atomic E-state index is 13.6. The normalized spacial score (nSPS) is 15.5. The fourth-order valence-electron chi connectivity index (χ4n) is 5.97. The summed E-state index contributed by atoms with van der Waals surface area (Å²) in [4.78, 5) is 40.5.